The third kappa shape index (κ3) is 2.54. The molecule has 1 N–H and O–H groups in total. The summed E-state index contributed by atoms with van der Waals surface area (Å²) in [5, 5.41) is 26.9. The molecular formula is C19H14ClN2O4-. The largest absolute Gasteiger partial charge is 0.545 e. The van der Waals surface area contributed by atoms with Gasteiger partial charge in [-0.3, -0.25) is 10.1 Å². The van der Waals surface area contributed by atoms with Crippen LogP contribution >= 0.6 is 11.6 Å². The van der Waals surface area contributed by atoms with Crippen LogP contribution in [-0.2, 0) is 0 Å². The van der Waals surface area contributed by atoms with Crippen molar-refractivity contribution < 1.29 is 14.8 Å². The maximum Gasteiger partial charge on any atom is 0.275 e. The zero-order chi connectivity index (χ0) is 18.4. The standard InChI is InChI=1S/C19H15ClN2O4/c20-11-6-4-10(5-7-11)17-13-3-1-2-12(13)16-15(22(25)26)9-8-14(19(23)24)18(16)21-17/h1-2,4-9,12-13,17,21H,3H2,(H,23,24)/p-1/t12-,13+,17-/m0/s1. The minimum absolute atomic E-state index is 0.0550. The van der Waals surface area contributed by atoms with Crippen LogP contribution in [0.3, 0.4) is 0 Å². The van der Waals surface area contributed by atoms with Crippen molar-refractivity contribution in [3.63, 3.8) is 0 Å². The summed E-state index contributed by atoms with van der Waals surface area (Å²) in [4.78, 5) is 22.6. The van der Waals surface area contributed by atoms with E-state index >= 15 is 0 Å². The lowest BCUT2D eigenvalue weighted by Gasteiger charge is -2.38. The Labute approximate surface area is 154 Å². The minimum atomic E-state index is -1.36. The number of aromatic carboxylic acids is 1. The summed E-state index contributed by atoms with van der Waals surface area (Å²) in [6, 6.07) is 9.62. The van der Waals surface area contributed by atoms with E-state index < -0.39 is 10.9 Å². The summed E-state index contributed by atoms with van der Waals surface area (Å²) < 4.78 is 0. The zero-order valence-corrected chi connectivity index (χ0v) is 14.3. The van der Waals surface area contributed by atoms with E-state index in [0.717, 1.165) is 12.0 Å². The fraction of sp³-hybridized carbons (Fsp3) is 0.211. The summed E-state index contributed by atoms with van der Waals surface area (Å²) in [6.45, 7) is 0. The molecule has 0 saturated carbocycles. The van der Waals surface area contributed by atoms with Crippen LogP contribution in [0, 0.1) is 16.0 Å². The number of nitrogens with one attached hydrogen (secondary N) is 1. The first-order valence-electron chi connectivity index (χ1n) is 8.18. The van der Waals surface area contributed by atoms with Gasteiger partial charge in [0.25, 0.3) is 5.69 Å². The van der Waals surface area contributed by atoms with Gasteiger partial charge in [0.15, 0.2) is 0 Å². The second-order valence-electron chi connectivity index (χ2n) is 6.49. The second-order valence-corrected chi connectivity index (χ2v) is 6.93. The van der Waals surface area contributed by atoms with E-state index in [2.05, 4.69) is 5.32 Å². The second kappa shape index (κ2) is 6.14. The molecule has 26 heavy (non-hydrogen) atoms. The van der Waals surface area contributed by atoms with Gasteiger partial charge in [-0.2, -0.15) is 0 Å². The van der Waals surface area contributed by atoms with E-state index in [4.69, 9.17) is 11.6 Å². The number of nitro groups is 1. The Balaban J connectivity index is 1.91. The van der Waals surface area contributed by atoms with Crippen LogP contribution in [0.15, 0.2) is 48.6 Å². The highest BCUT2D eigenvalue weighted by Crippen LogP contribution is 2.53. The van der Waals surface area contributed by atoms with Gasteiger partial charge in [0.2, 0.25) is 0 Å². The fourth-order valence-corrected chi connectivity index (χ4v) is 4.15. The van der Waals surface area contributed by atoms with Crippen LogP contribution < -0.4 is 10.4 Å². The molecule has 0 amide bonds. The first kappa shape index (κ1) is 16.6. The number of halogens is 1. The maximum atomic E-state index is 11.6. The summed E-state index contributed by atoms with van der Waals surface area (Å²) >= 11 is 5.97. The first-order chi connectivity index (χ1) is 12.5. The Kier molecular flexibility index (Phi) is 3.92. The summed E-state index contributed by atoms with van der Waals surface area (Å²) in [7, 11) is 0. The first-order valence-corrected chi connectivity index (χ1v) is 8.56. The molecule has 3 atom stereocenters. The van der Waals surface area contributed by atoms with Gasteiger partial charge in [0.05, 0.1) is 28.2 Å². The van der Waals surface area contributed by atoms with Crippen molar-refractivity contribution in [1.82, 2.24) is 0 Å². The van der Waals surface area contributed by atoms with Crippen molar-refractivity contribution in [2.24, 2.45) is 5.92 Å². The summed E-state index contributed by atoms with van der Waals surface area (Å²) in [5.74, 6) is -1.54. The fourth-order valence-electron chi connectivity index (χ4n) is 4.02. The minimum Gasteiger partial charge on any atom is -0.545 e. The maximum absolute atomic E-state index is 11.6. The molecule has 0 saturated heterocycles. The average Bonchev–Trinajstić information content (AvgIpc) is 3.10. The smallest absolute Gasteiger partial charge is 0.275 e. The molecule has 2 aliphatic rings. The van der Waals surface area contributed by atoms with Gasteiger partial charge < -0.3 is 15.2 Å². The number of carbonyl (C=O) groups excluding carboxylic acids is 1. The molecule has 2 aromatic carbocycles. The van der Waals surface area contributed by atoms with Crippen molar-refractivity contribution in [3.05, 3.63) is 80.4 Å². The Bertz CT molecular complexity index is 939. The van der Waals surface area contributed by atoms with Crippen LogP contribution in [0.5, 0.6) is 0 Å². The number of allylic oxidation sites excluding steroid dienone is 2. The Morgan fingerprint density at radius 2 is 1.92 bits per heavy atom. The van der Waals surface area contributed by atoms with Crippen molar-refractivity contribution in [2.75, 3.05) is 5.32 Å². The number of fused-ring (bicyclic) bond motifs is 3. The van der Waals surface area contributed by atoms with E-state index in [1.165, 1.54) is 12.1 Å². The van der Waals surface area contributed by atoms with Crippen LogP contribution in [0.2, 0.25) is 5.02 Å². The highest BCUT2D eigenvalue weighted by atomic mass is 35.5. The van der Waals surface area contributed by atoms with Crippen LogP contribution in [-0.4, -0.2) is 10.9 Å². The van der Waals surface area contributed by atoms with Gasteiger partial charge in [-0.05, 0) is 36.1 Å². The molecule has 4 rings (SSSR count). The number of nitro benzene ring substituents is 1. The lowest BCUT2D eigenvalue weighted by atomic mass is 9.75. The normalized spacial score (nSPS) is 23.0. The van der Waals surface area contributed by atoms with Crippen molar-refractivity contribution in [2.45, 2.75) is 18.4 Å². The monoisotopic (exact) mass is 369 g/mol. The molecule has 1 heterocycles. The Hall–Kier alpha value is -2.86. The molecule has 0 bridgehead atoms. The highest BCUT2D eigenvalue weighted by molar-refractivity contribution is 6.30. The SMILES string of the molecule is O=C([O-])c1ccc([N+](=O)[O-])c2c1N[C@@H](c1ccc(Cl)cc1)[C@@H]1CC=C[C@H]21. The molecule has 0 aromatic heterocycles. The topological polar surface area (TPSA) is 95.3 Å². The van der Waals surface area contributed by atoms with E-state index in [-0.39, 0.29) is 34.8 Å². The lowest BCUT2D eigenvalue weighted by molar-refractivity contribution is -0.385. The Morgan fingerprint density at radius 1 is 1.19 bits per heavy atom. The van der Waals surface area contributed by atoms with E-state index in [9.17, 15) is 20.0 Å². The van der Waals surface area contributed by atoms with E-state index in [0.29, 0.717) is 10.6 Å². The average molecular weight is 370 g/mol. The lowest BCUT2D eigenvalue weighted by Crippen LogP contribution is -2.33. The number of rotatable bonds is 3. The summed E-state index contributed by atoms with van der Waals surface area (Å²) in [5.41, 5.74) is 1.50. The molecular weight excluding hydrogens is 356 g/mol. The molecule has 0 fully saturated rings. The van der Waals surface area contributed by atoms with Gasteiger partial charge in [-0.25, -0.2) is 0 Å². The van der Waals surface area contributed by atoms with E-state index in [1.54, 1.807) is 12.1 Å². The number of carboxylic acids is 1. The summed E-state index contributed by atoms with van der Waals surface area (Å²) in [6.07, 6.45) is 4.67. The van der Waals surface area contributed by atoms with Gasteiger partial charge >= 0.3 is 0 Å². The molecule has 7 heteroatoms. The van der Waals surface area contributed by atoms with Crippen LogP contribution in [0.1, 0.15) is 39.9 Å². The number of nitrogens with zero attached hydrogens (tertiary/aromatic N) is 1. The number of carboxylic acid groups (broad SMARTS) is 1. The van der Waals surface area contributed by atoms with E-state index in [1.807, 2.05) is 24.3 Å². The number of hydrogen-bond donors (Lipinski definition) is 1. The third-order valence-corrected chi connectivity index (χ3v) is 5.39. The van der Waals surface area contributed by atoms with Gasteiger partial charge in [-0.1, -0.05) is 35.9 Å². The van der Waals surface area contributed by atoms with Gasteiger partial charge in [0.1, 0.15) is 0 Å². The number of anilines is 1. The predicted molar refractivity (Wildman–Crippen MR) is 95.2 cm³/mol. The molecule has 1 aliphatic heterocycles. The van der Waals surface area contributed by atoms with Gasteiger partial charge in [-0.15, -0.1) is 0 Å². The molecule has 132 valence electrons. The quantitative estimate of drug-likeness (QED) is 0.508. The molecule has 0 radical (unpaired) electrons. The van der Waals surface area contributed by atoms with Crippen LogP contribution in [0.25, 0.3) is 0 Å². The van der Waals surface area contributed by atoms with Crippen LogP contribution in [0.4, 0.5) is 11.4 Å². The molecule has 0 spiro atoms. The molecule has 6 nitrogen and oxygen atoms in total. The third-order valence-electron chi connectivity index (χ3n) is 5.14. The highest BCUT2D eigenvalue weighted by Gasteiger charge is 2.42. The number of hydrogen-bond acceptors (Lipinski definition) is 5. The molecule has 0 unspecified atom stereocenters. The van der Waals surface area contributed by atoms with Crippen molar-refractivity contribution in [1.29, 1.82) is 0 Å². The van der Waals surface area contributed by atoms with Crippen molar-refractivity contribution in [3.8, 4) is 0 Å². The Morgan fingerprint density at radius 3 is 2.58 bits per heavy atom. The van der Waals surface area contributed by atoms with Gasteiger partial charge in [0, 0.05) is 22.6 Å². The molecule has 2 aromatic rings. The zero-order valence-electron chi connectivity index (χ0n) is 13.5. The van der Waals surface area contributed by atoms with Crippen molar-refractivity contribution >= 4 is 28.9 Å². The molecule has 1 aliphatic carbocycles. The number of benzene rings is 2. The number of carbonyl (C=O) groups is 1. The predicted octanol–water partition coefficient (Wildman–Crippen LogP) is 3.44.